The normalized spacial score (nSPS) is 13.5. The minimum atomic E-state index is -0.706. The molecule has 1 aromatic heterocycles. The number of hydrogen-bond donors (Lipinski definition) is 2. The lowest BCUT2D eigenvalue weighted by Gasteiger charge is -2.22. The molecule has 1 aromatic carbocycles. The summed E-state index contributed by atoms with van der Waals surface area (Å²) < 4.78 is 13.6. The van der Waals surface area contributed by atoms with E-state index in [4.69, 9.17) is 0 Å². The zero-order valence-electron chi connectivity index (χ0n) is 17.3. The van der Waals surface area contributed by atoms with Crippen LogP contribution in [0.1, 0.15) is 37.4 Å². The van der Waals surface area contributed by atoms with Crippen LogP contribution in [0, 0.1) is 5.82 Å². The third-order valence-corrected chi connectivity index (χ3v) is 4.72. The molecule has 2 N–H and O–H groups in total. The average molecular weight is 397 g/mol. The Hall–Kier alpha value is -2.99. The Morgan fingerprint density at radius 3 is 2.52 bits per heavy atom. The minimum absolute atomic E-state index is 0.336. The van der Waals surface area contributed by atoms with Gasteiger partial charge in [0.05, 0.1) is 12.6 Å². The molecule has 5 nitrogen and oxygen atoms in total. The highest BCUT2D eigenvalue weighted by molar-refractivity contribution is 5.96. The van der Waals surface area contributed by atoms with E-state index in [1.807, 2.05) is 25.1 Å². The van der Waals surface area contributed by atoms with Crippen molar-refractivity contribution in [3.63, 3.8) is 0 Å². The smallest absolute Gasteiger partial charge is 0.268 e. The second-order valence-electron chi connectivity index (χ2n) is 6.97. The van der Waals surface area contributed by atoms with Gasteiger partial charge < -0.3 is 15.3 Å². The third-order valence-electron chi connectivity index (χ3n) is 4.72. The highest BCUT2D eigenvalue weighted by atomic mass is 19.1. The fourth-order valence-corrected chi connectivity index (χ4v) is 2.90. The van der Waals surface area contributed by atoms with E-state index in [2.05, 4.69) is 17.2 Å². The van der Waals surface area contributed by atoms with Crippen molar-refractivity contribution in [1.82, 2.24) is 15.2 Å². The van der Waals surface area contributed by atoms with Crippen molar-refractivity contribution >= 4 is 11.5 Å². The van der Waals surface area contributed by atoms with Crippen LogP contribution in [-0.2, 0) is 4.79 Å². The first kappa shape index (κ1) is 22.3. The molecule has 0 aliphatic carbocycles. The van der Waals surface area contributed by atoms with Gasteiger partial charge >= 0.3 is 0 Å². The van der Waals surface area contributed by atoms with Gasteiger partial charge in [0.25, 0.3) is 5.91 Å². The van der Waals surface area contributed by atoms with Crippen LogP contribution in [0.4, 0.5) is 4.39 Å². The molecule has 0 saturated heterocycles. The number of halogens is 1. The highest BCUT2D eigenvalue weighted by Gasteiger charge is 2.19. The molecule has 0 bridgehead atoms. The summed E-state index contributed by atoms with van der Waals surface area (Å²) in [6.07, 6.45) is 6.10. The number of amides is 1. The standard InChI is InChI=1S/C23H28FN3O2/c1-5-16(2)20(17-9-11-25-12-10-17)14-22(27(3)4)23(29)26-21(15-28)18-7-6-8-19(24)13-18/h6-14,21,28H,5,15H2,1-4H3,(H,26,29)/b20-16-,22-14-. The molecule has 1 amide bonds. The predicted molar refractivity (Wildman–Crippen MR) is 113 cm³/mol. The maximum atomic E-state index is 13.6. The number of pyridine rings is 1. The van der Waals surface area contributed by atoms with E-state index in [0.717, 1.165) is 23.1 Å². The molecular formula is C23H28FN3O2. The molecule has 1 atom stereocenters. The monoisotopic (exact) mass is 397 g/mol. The average Bonchev–Trinajstić information content (AvgIpc) is 2.72. The summed E-state index contributed by atoms with van der Waals surface area (Å²) in [6, 6.07) is 8.96. The molecule has 0 fully saturated rings. The summed E-state index contributed by atoms with van der Waals surface area (Å²) in [4.78, 5) is 18.8. The van der Waals surface area contributed by atoms with Crippen LogP contribution >= 0.6 is 0 Å². The van der Waals surface area contributed by atoms with Gasteiger partial charge in [-0.05, 0) is 60.4 Å². The van der Waals surface area contributed by atoms with Gasteiger partial charge in [-0.2, -0.15) is 0 Å². The van der Waals surface area contributed by atoms with E-state index < -0.39 is 11.9 Å². The predicted octanol–water partition coefficient (Wildman–Crippen LogP) is 3.70. The van der Waals surface area contributed by atoms with Crippen LogP contribution in [-0.4, -0.2) is 41.6 Å². The van der Waals surface area contributed by atoms with E-state index >= 15 is 0 Å². The van der Waals surface area contributed by atoms with E-state index in [9.17, 15) is 14.3 Å². The molecule has 29 heavy (non-hydrogen) atoms. The lowest BCUT2D eigenvalue weighted by molar-refractivity contribution is -0.119. The maximum absolute atomic E-state index is 13.6. The number of aliphatic hydroxyl groups excluding tert-OH is 1. The zero-order valence-corrected chi connectivity index (χ0v) is 17.3. The summed E-state index contributed by atoms with van der Waals surface area (Å²) in [7, 11) is 3.57. The van der Waals surface area contributed by atoms with Crippen molar-refractivity contribution < 1.29 is 14.3 Å². The SMILES string of the molecule is CC/C(C)=C(/C=C(/C(=O)NC(CO)c1cccc(F)c1)N(C)C)c1ccncc1. The molecular weight excluding hydrogens is 369 g/mol. The van der Waals surface area contributed by atoms with Crippen LogP contribution in [0.25, 0.3) is 5.57 Å². The van der Waals surface area contributed by atoms with Crippen molar-refractivity contribution in [1.29, 1.82) is 0 Å². The summed E-state index contributed by atoms with van der Waals surface area (Å²) in [6.45, 7) is 3.75. The number of aliphatic hydroxyl groups is 1. The first-order valence-electron chi connectivity index (χ1n) is 9.53. The zero-order chi connectivity index (χ0) is 21.4. The molecule has 0 saturated carbocycles. The van der Waals surface area contributed by atoms with Crippen molar-refractivity contribution in [2.24, 2.45) is 0 Å². The van der Waals surface area contributed by atoms with Gasteiger partial charge in [-0.15, -0.1) is 0 Å². The quantitative estimate of drug-likeness (QED) is 0.527. The Bertz CT molecular complexity index is 892. The van der Waals surface area contributed by atoms with Crippen LogP contribution in [0.5, 0.6) is 0 Å². The molecule has 1 heterocycles. The fraction of sp³-hybridized carbons (Fsp3) is 0.304. The molecule has 6 heteroatoms. The molecule has 0 aliphatic rings. The van der Waals surface area contributed by atoms with Crippen LogP contribution < -0.4 is 5.32 Å². The van der Waals surface area contributed by atoms with E-state index in [1.165, 1.54) is 12.1 Å². The second kappa shape index (κ2) is 10.5. The van der Waals surface area contributed by atoms with Crippen molar-refractivity contribution in [2.75, 3.05) is 20.7 Å². The summed E-state index contributed by atoms with van der Waals surface area (Å²) in [5.74, 6) is -0.770. The number of aromatic nitrogens is 1. The summed E-state index contributed by atoms with van der Waals surface area (Å²) in [5, 5.41) is 12.5. The number of allylic oxidation sites excluding steroid dienone is 3. The number of hydrogen-bond acceptors (Lipinski definition) is 4. The summed E-state index contributed by atoms with van der Waals surface area (Å²) >= 11 is 0. The highest BCUT2D eigenvalue weighted by Crippen LogP contribution is 2.24. The van der Waals surface area contributed by atoms with E-state index in [0.29, 0.717) is 11.3 Å². The Morgan fingerprint density at radius 1 is 1.28 bits per heavy atom. The molecule has 2 rings (SSSR count). The van der Waals surface area contributed by atoms with Gasteiger partial charge in [-0.3, -0.25) is 9.78 Å². The Balaban J connectivity index is 2.39. The van der Waals surface area contributed by atoms with Gasteiger partial charge in [0.2, 0.25) is 0 Å². The molecule has 0 radical (unpaired) electrons. The molecule has 2 aromatic rings. The van der Waals surface area contributed by atoms with Crippen molar-refractivity contribution in [3.8, 4) is 0 Å². The topological polar surface area (TPSA) is 65.5 Å². The van der Waals surface area contributed by atoms with Gasteiger partial charge in [0, 0.05) is 26.5 Å². The second-order valence-corrected chi connectivity index (χ2v) is 6.97. The number of carbonyl (C=O) groups is 1. The van der Waals surface area contributed by atoms with Gasteiger partial charge in [0.15, 0.2) is 0 Å². The molecule has 0 spiro atoms. The third kappa shape index (κ3) is 5.99. The van der Waals surface area contributed by atoms with E-state index in [1.54, 1.807) is 43.5 Å². The van der Waals surface area contributed by atoms with Gasteiger partial charge in [-0.25, -0.2) is 4.39 Å². The number of nitrogens with zero attached hydrogens (tertiary/aromatic N) is 2. The van der Waals surface area contributed by atoms with Gasteiger partial charge in [0.1, 0.15) is 11.5 Å². The Labute approximate surface area is 171 Å². The first-order valence-corrected chi connectivity index (χ1v) is 9.53. The number of carbonyl (C=O) groups excluding carboxylic acids is 1. The van der Waals surface area contributed by atoms with Crippen LogP contribution in [0.2, 0.25) is 0 Å². The summed E-state index contributed by atoms with van der Waals surface area (Å²) in [5.41, 5.74) is 3.98. The molecule has 1 unspecified atom stereocenters. The number of likely N-dealkylation sites (N-methyl/N-ethyl adjacent to an activating group) is 1. The lowest BCUT2D eigenvalue weighted by Crippen LogP contribution is -2.35. The van der Waals surface area contributed by atoms with Gasteiger partial charge in [-0.1, -0.05) is 24.6 Å². The number of rotatable bonds is 8. The lowest BCUT2D eigenvalue weighted by atomic mass is 9.98. The maximum Gasteiger partial charge on any atom is 0.268 e. The van der Waals surface area contributed by atoms with Crippen molar-refractivity contribution in [2.45, 2.75) is 26.3 Å². The Kier molecular flexibility index (Phi) is 8.09. The van der Waals surface area contributed by atoms with E-state index in [-0.39, 0.29) is 12.5 Å². The largest absolute Gasteiger partial charge is 0.394 e. The number of benzene rings is 1. The molecule has 154 valence electrons. The first-order chi connectivity index (χ1) is 13.9. The van der Waals surface area contributed by atoms with Crippen molar-refractivity contribution in [3.05, 3.63) is 83.1 Å². The van der Waals surface area contributed by atoms with Crippen LogP contribution in [0.3, 0.4) is 0 Å². The molecule has 0 aliphatic heterocycles. The minimum Gasteiger partial charge on any atom is -0.394 e. The Morgan fingerprint density at radius 2 is 1.97 bits per heavy atom. The van der Waals surface area contributed by atoms with Crippen LogP contribution in [0.15, 0.2) is 66.1 Å². The fourth-order valence-electron chi connectivity index (χ4n) is 2.90. The number of nitrogens with one attached hydrogen (secondary N) is 1.